The zero-order chi connectivity index (χ0) is 13.8. The number of rotatable bonds is 6. The number of methoxy groups -OCH3 is 1. The summed E-state index contributed by atoms with van der Waals surface area (Å²) in [5.74, 6) is 0.518. The highest BCUT2D eigenvalue weighted by Gasteiger charge is 2.17. The van der Waals surface area contributed by atoms with E-state index in [9.17, 15) is 8.42 Å². The molecule has 0 spiro atoms. The summed E-state index contributed by atoms with van der Waals surface area (Å²) in [4.78, 5) is 0.0420. The minimum absolute atomic E-state index is 0.0420. The van der Waals surface area contributed by atoms with E-state index in [1.165, 1.54) is 25.3 Å². The molecule has 0 bridgehead atoms. The summed E-state index contributed by atoms with van der Waals surface area (Å²) in [6.07, 6.45) is -1.12. The van der Waals surface area contributed by atoms with E-state index >= 15 is 0 Å². The van der Waals surface area contributed by atoms with Crippen LogP contribution in [0.3, 0.4) is 0 Å². The second kappa shape index (κ2) is 6.48. The average Bonchev–Trinajstić information content (AvgIpc) is 2.35. The largest absolute Gasteiger partial charge is 0.496 e. The summed E-state index contributed by atoms with van der Waals surface area (Å²) in [7, 11) is -2.24. The first-order valence-corrected chi connectivity index (χ1v) is 7.30. The molecule has 0 aromatic heterocycles. The van der Waals surface area contributed by atoms with Crippen molar-refractivity contribution in [3.05, 3.63) is 22.7 Å². The highest BCUT2D eigenvalue weighted by molar-refractivity contribution is 9.10. The number of benzene rings is 1. The molecule has 0 aliphatic rings. The number of hydrogen-bond donors (Lipinski definition) is 3. The van der Waals surface area contributed by atoms with Gasteiger partial charge < -0.3 is 14.9 Å². The van der Waals surface area contributed by atoms with Crippen LogP contribution in [0.1, 0.15) is 0 Å². The first-order chi connectivity index (χ1) is 8.40. The molecule has 8 heteroatoms. The van der Waals surface area contributed by atoms with E-state index < -0.39 is 22.7 Å². The van der Waals surface area contributed by atoms with Crippen molar-refractivity contribution in [2.45, 2.75) is 11.0 Å². The molecule has 18 heavy (non-hydrogen) atoms. The average molecular weight is 340 g/mol. The Kier molecular flexibility index (Phi) is 5.54. The van der Waals surface area contributed by atoms with Gasteiger partial charge in [-0.05, 0) is 34.1 Å². The maximum atomic E-state index is 11.8. The lowest BCUT2D eigenvalue weighted by molar-refractivity contribution is 0.0988. The summed E-state index contributed by atoms with van der Waals surface area (Å²) in [5.41, 5.74) is 0. The smallest absolute Gasteiger partial charge is 0.240 e. The zero-order valence-corrected chi connectivity index (χ0v) is 12.0. The monoisotopic (exact) mass is 339 g/mol. The lowest BCUT2D eigenvalue weighted by Gasteiger charge is -2.11. The topological polar surface area (TPSA) is 95.9 Å². The van der Waals surface area contributed by atoms with Crippen molar-refractivity contribution in [2.75, 3.05) is 20.3 Å². The summed E-state index contributed by atoms with van der Waals surface area (Å²) < 4.78 is 31.4. The molecule has 1 unspecified atom stereocenters. The Bertz CT molecular complexity index is 505. The molecule has 3 N–H and O–H groups in total. The number of halogens is 1. The number of hydrogen-bond acceptors (Lipinski definition) is 5. The maximum Gasteiger partial charge on any atom is 0.240 e. The van der Waals surface area contributed by atoms with Crippen molar-refractivity contribution in [3.63, 3.8) is 0 Å². The van der Waals surface area contributed by atoms with Crippen LogP contribution in [0.2, 0.25) is 0 Å². The molecule has 1 rings (SSSR count). The quantitative estimate of drug-likeness (QED) is 0.682. The Morgan fingerprint density at radius 3 is 2.67 bits per heavy atom. The third-order valence-electron chi connectivity index (χ3n) is 2.15. The summed E-state index contributed by atoms with van der Waals surface area (Å²) >= 11 is 3.19. The second-order valence-corrected chi connectivity index (χ2v) is 6.11. The minimum Gasteiger partial charge on any atom is -0.496 e. The molecule has 1 aromatic carbocycles. The number of aliphatic hydroxyl groups is 2. The van der Waals surface area contributed by atoms with Gasteiger partial charge in [0, 0.05) is 6.54 Å². The molecule has 0 amide bonds. The van der Waals surface area contributed by atoms with Crippen molar-refractivity contribution in [2.24, 2.45) is 0 Å². The van der Waals surface area contributed by atoms with E-state index in [4.69, 9.17) is 14.9 Å². The van der Waals surface area contributed by atoms with Gasteiger partial charge in [-0.2, -0.15) is 0 Å². The van der Waals surface area contributed by atoms with E-state index in [0.29, 0.717) is 10.2 Å². The fourth-order valence-electron chi connectivity index (χ4n) is 1.17. The second-order valence-electron chi connectivity index (χ2n) is 3.48. The van der Waals surface area contributed by atoms with Crippen LogP contribution in [-0.4, -0.2) is 45.0 Å². The van der Waals surface area contributed by atoms with Crippen LogP contribution in [-0.2, 0) is 10.0 Å². The van der Waals surface area contributed by atoms with E-state index in [2.05, 4.69) is 20.7 Å². The molecule has 6 nitrogen and oxygen atoms in total. The Hall–Kier alpha value is -0.670. The first-order valence-electron chi connectivity index (χ1n) is 5.03. The predicted molar refractivity (Wildman–Crippen MR) is 69.0 cm³/mol. The Balaban J connectivity index is 2.88. The number of nitrogens with one attached hydrogen (secondary N) is 1. The van der Waals surface area contributed by atoms with Crippen molar-refractivity contribution in [1.82, 2.24) is 4.72 Å². The molecule has 0 saturated heterocycles. The zero-order valence-electron chi connectivity index (χ0n) is 9.63. The molecule has 0 saturated carbocycles. The van der Waals surface area contributed by atoms with Crippen LogP contribution in [0.15, 0.2) is 27.6 Å². The standard InChI is InChI=1S/C10H14BrNO5S/c1-17-10-3-2-8(4-9(10)11)18(15,16)12-5-7(14)6-13/h2-4,7,12-14H,5-6H2,1H3. The molecule has 0 heterocycles. The Labute approximate surface area is 114 Å². The molecular weight excluding hydrogens is 326 g/mol. The van der Waals surface area contributed by atoms with Gasteiger partial charge in [0.1, 0.15) is 5.75 Å². The van der Waals surface area contributed by atoms with Gasteiger partial charge in [0.2, 0.25) is 10.0 Å². The van der Waals surface area contributed by atoms with Gasteiger partial charge >= 0.3 is 0 Å². The van der Waals surface area contributed by atoms with Gasteiger partial charge in [0.15, 0.2) is 0 Å². The van der Waals surface area contributed by atoms with Crippen LogP contribution in [0, 0.1) is 0 Å². The highest BCUT2D eigenvalue weighted by atomic mass is 79.9. The SMILES string of the molecule is COc1ccc(S(=O)(=O)NCC(O)CO)cc1Br. The van der Waals surface area contributed by atoms with Gasteiger partial charge in [-0.3, -0.25) is 0 Å². The maximum absolute atomic E-state index is 11.8. The molecule has 0 fully saturated rings. The Morgan fingerprint density at radius 1 is 1.50 bits per heavy atom. The fraction of sp³-hybridized carbons (Fsp3) is 0.400. The summed E-state index contributed by atoms with van der Waals surface area (Å²) in [6.45, 7) is -0.753. The van der Waals surface area contributed by atoms with Crippen LogP contribution in [0.5, 0.6) is 5.75 Å². The van der Waals surface area contributed by atoms with Crippen LogP contribution in [0.4, 0.5) is 0 Å². The summed E-state index contributed by atoms with van der Waals surface area (Å²) in [6, 6.07) is 4.30. The van der Waals surface area contributed by atoms with Crippen molar-refractivity contribution in [3.8, 4) is 5.75 Å². The molecule has 1 aromatic rings. The third-order valence-corrected chi connectivity index (χ3v) is 4.19. The van der Waals surface area contributed by atoms with Crippen LogP contribution >= 0.6 is 15.9 Å². The molecule has 0 aliphatic carbocycles. The highest BCUT2D eigenvalue weighted by Crippen LogP contribution is 2.27. The Morgan fingerprint density at radius 2 is 2.17 bits per heavy atom. The fourth-order valence-corrected chi connectivity index (χ4v) is 2.96. The van der Waals surface area contributed by atoms with Crippen LogP contribution < -0.4 is 9.46 Å². The lowest BCUT2D eigenvalue weighted by Crippen LogP contribution is -2.33. The van der Waals surface area contributed by atoms with Gasteiger partial charge in [0.05, 0.1) is 29.2 Å². The van der Waals surface area contributed by atoms with Crippen LogP contribution in [0.25, 0.3) is 0 Å². The van der Waals surface area contributed by atoms with Gasteiger partial charge in [-0.1, -0.05) is 0 Å². The molecule has 1 atom stereocenters. The molecule has 102 valence electrons. The molecular formula is C10H14BrNO5S. The van der Waals surface area contributed by atoms with Gasteiger partial charge in [-0.25, -0.2) is 13.1 Å². The number of sulfonamides is 1. The van der Waals surface area contributed by atoms with E-state index in [1.807, 2.05) is 0 Å². The van der Waals surface area contributed by atoms with Crippen molar-refractivity contribution < 1.29 is 23.4 Å². The van der Waals surface area contributed by atoms with E-state index in [-0.39, 0.29) is 11.4 Å². The summed E-state index contributed by atoms with van der Waals surface area (Å²) in [5, 5.41) is 17.7. The molecule has 0 aliphatic heterocycles. The van der Waals surface area contributed by atoms with E-state index in [0.717, 1.165) is 0 Å². The normalized spacial score (nSPS) is 13.3. The predicted octanol–water partition coefficient (Wildman–Crippen LogP) is 0.0892. The van der Waals surface area contributed by atoms with Crippen molar-refractivity contribution >= 4 is 26.0 Å². The molecule has 0 radical (unpaired) electrons. The number of ether oxygens (including phenoxy) is 1. The van der Waals surface area contributed by atoms with Gasteiger partial charge in [-0.15, -0.1) is 0 Å². The number of aliphatic hydroxyl groups excluding tert-OH is 2. The van der Waals surface area contributed by atoms with Crippen molar-refractivity contribution in [1.29, 1.82) is 0 Å². The lowest BCUT2D eigenvalue weighted by atomic mass is 10.3. The first kappa shape index (κ1) is 15.4. The third kappa shape index (κ3) is 3.92. The van der Waals surface area contributed by atoms with Gasteiger partial charge in [0.25, 0.3) is 0 Å². The van der Waals surface area contributed by atoms with E-state index in [1.54, 1.807) is 0 Å². The minimum atomic E-state index is -3.72.